The zero-order valence-corrected chi connectivity index (χ0v) is 16.6. The van der Waals surface area contributed by atoms with E-state index in [0.29, 0.717) is 17.5 Å². The Morgan fingerprint density at radius 2 is 1.71 bits per heavy atom. The van der Waals surface area contributed by atoms with E-state index in [9.17, 15) is 4.79 Å². The molecule has 1 aliphatic carbocycles. The third-order valence-corrected chi connectivity index (χ3v) is 6.24. The number of anilines is 1. The summed E-state index contributed by atoms with van der Waals surface area (Å²) in [4.78, 5) is 19.3. The van der Waals surface area contributed by atoms with Crippen molar-refractivity contribution < 1.29 is 4.79 Å². The molecule has 2 heterocycles. The van der Waals surface area contributed by atoms with Gasteiger partial charge in [0.2, 0.25) is 0 Å². The largest absolute Gasteiger partial charge is 0.367 e. The van der Waals surface area contributed by atoms with Crippen LogP contribution in [0, 0.1) is 5.92 Å². The highest BCUT2D eigenvalue weighted by Crippen LogP contribution is 2.24. The van der Waals surface area contributed by atoms with Gasteiger partial charge in [0.05, 0.1) is 5.56 Å². The average molecular weight is 378 g/mol. The molecule has 148 valence electrons. The summed E-state index contributed by atoms with van der Waals surface area (Å²) in [6.07, 6.45) is 11.4. The first-order chi connectivity index (χ1) is 13.8. The first kappa shape index (κ1) is 19.0. The van der Waals surface area contributed by atoms with Crippen LogP contribution in [0.3, 0.4) is 0 Å². The van der Waals surface area contributed by atoms with Crippen LogP contribution in [-0.4, -0.2) is 34.9 Å². The number of amides is 1. The molecule has 2 aromatic rings. The molecule has 0 atom stereocenters. The second kappa shape index (κ2) is 9.22. The van der Waals surface area contributed by atoms with Crippen molar-refractivity contribution in [3.63, 3.8) is 0 Å². The van der Waals surface area contributed by atoms with Crippen LogP contribution in [-0.2, 0) is 6.42 Å². The van der Waals surface area contributed by atoms with Crippen molar-refractivity contribution in [2.75, 3.05) is 18.4 Å². The van der Waals surface area contributed by atoms with Crippen LogP contribution < -0.4 is 5.32 Å². The highest BCUT2D eigenvalue weighted by molar-refractivity contribution is 5.94. The molecule has 1 saturated carbocycles. The lowest BCUT2D eigenvalue weighted by Gasteiger charge is -2.32. The molecule has 1 aromatic heterocycles. The molecule has 1 aliphatic heterocycles. The fourth-order valence-electron chi connectivity index (χ4n) is 4.53. The van der Waals surface area contributed by atoms with Crippen molar-refractivity contribution in [3.8, 4) is 0 Å². The number of aromatic nitrogens is 1. The number of rotatable bonds is 5. The molecule has 1 aromatic carbocycles. The topological polar surface area (TPSA) is 45.2 Å². The summed E-state index contributed by atoms with van der Waals surface area (Å²) in [5, 5.41) is 3.52. The van der Waals surface area contributed by atoms with Crippen LogP contribution in [0.25, 0.3) is 0 Å². The maximum Gasteiger partial charge on any atom is 0.255 e. The van der Waals surface area contributed by atoms with Crippen LogP contribution in [0.15, 0.2) is 48.7 Å². The Morgan fingerprint density at radius 1 is 0.964 bits per heavy atom. The molecule has 1 N–H and O–H groups in total. The minimum Gasteiger partial charge on any atom is -0.367 e. The van der Waals surface area contributed by atoms with E-state index < -0.39 is 0 Å². The van der Waals surface area contributed by atoms with Gasteiger partial charge in [-0.25, -0.2) is 4.98 Å². The van der Waals surface area contributed by atoms with Gasteiger partial charge in [-0.2, -0.15) is 0 Å². The molecule has 0 spiro atoms. The van der Waals surface area contributed by atoms with Crippen LogP contribution in [0.1, 0.15) is 60.9 Å². The van der Waals surface area contributed by atoms with Crippen molar-refractivity contribution in [2.24, 2.45) is 5.92 Å². The summed E-state index contributed by atoms with van der Waals surface area (Å²) in [5.74, 6) is 1.69. The highest BCUT2D eigenvalue weighted by atomic mass is 16.2. The predicted molar refractivity (Wildman–Crippen MR) is 114 cm³/mol. The average Bonchev–Trinajstić information content (AvgIpc) is 2.76. The summed E-state index contributed by atoms with van der Waals surface area (Å²) >= 11 is 0. The van der Waals surface area contributed by atoms with E-state index in [1.165, 1.54) is 37.7 Å². The van der Waals surface area contributed by atoms with Gasteiger partial charge < -0.3 is 10.2 Å². The van der Waals surface area contributed by atoms with Crippen LogP contribution in [0.2, 0.25) is 0 Å². The van der Waals surface area contributed by atoms with Gasteiger partial charge in [-0.3, -0.25) is 4.79 Å². The Hall–Kier alpha value is -2.36. The number of benzene rings is 1. The summed E-state index contributed by atoms with van der Waals surface area (Å²) in [6, 6.07) is 15.1. The number of pyridine rings is 1. The number of nitrogens with one attached hydrogen (secondary N) is 1. The van der Waals surface area contributed by atoms with E-state index in [4.69, 9.17) is 0 Å². The molecule has 28 heavy (non-hydrogen) atoms. The summed E-state index contributed by atoms with van der Waals surface area (Å²) < 4.78 is 0. The molecule has 0 unspecified atom stereocenters. The third kappa shape index (κ3) is 4.92. The number of likely N-dealkylation sites (tertiary alicyclic amines) is 1. The monoisotopic (exact) mass is 377 g/mol. The molecule has 4 nitrogen and oxygen atoms in total. The number of hydrogen-bond donors (Lipinski definition) is 1. The van der Waals surface area contributed by atoms with E-state index in [1.807, 2.05) is 17.0 Å². The first-order valence-electron chi connectivity index (χ1n) is 10.8. The Bertz CT molecular complexity index is 745. The molecule has 0 radical (unpaired) electrons. The quantitative estimate of drug-likeness (QED) is 0.804. The van der Waals surface area contributed by atoms with Gasteiger partial charge >= 0.3 is 0 Å². The zero-order chi connectivity index (χ0) is 19.2. The normalized spacial score (nSPS) is 18.8. The molecular weight excluding hydrogens is 346 g/mol. The van der Waals surface area contributed by atoms with E-state index in [2.05, 4.69) is 40.6 Å². The first-order valence-corrected chi connectivity index (χ1v) is 10.8. The minimum absolute atomic E-state index is 0.120. The van der Waals surface area contributed by atoms with Crippen molar-refractivity contribution in [1.29, 1.82) is 0 Å². The van der Waals surface area contributed by atoms with Gasteiger partial charge in [-0.15, -0.1) is 0 Å². The number of hydrogen-bond acceptors (Lipinski definition) is 3. The van der Waals surface area contributed by atoms with Gasteiger partial charge in [0.25, 0.3) is 5.91 Å². The summed E-state index contributed by atoms with van der Waals surface area (Å²) in [5.41, 5.74) is 2.10. The lowest BCUT2D eigenvalue weighted by Crippen LogP contribution is -2.39. The fourth-order valence-corrected chi connectivity index (χ4v) is 4.53. The third-order valence-electron chi connectivity index (χ3n) is 6.24. The minimum atomic E-state index is 0.120. The van der Waals surface area contributed by atoms with Gasteiger partial charge in [-0.05, 0) is 55.7 Å². The Balaban J connectivity index is 1.27. The van der Waals surface area contributed by atoms with Crippen molar-refractivity contribution in [3.05, 3.63) is 59.8 Å². The number of piperidine rings is 1. The van der Waals surface area contributed by atoms with Gasteiger partial charge in [0.1, 0.15) is 5.82 Å². The highest BCUT2D eigenvalue weighted by Gasteiger charge is 2.24. The number of nitrogens with zero attached hydrogens (tertiary/aromatic N) is 2. The Labute approximate surface area is 168 Å². The molecule has 1 saturated heterocycles. The molecular formula is C24H31N3O. The van der Waals surface area contributed by atoms with Crippen LogP contribution in [0.4, 0.5) is 5.82 Å². The smallest absolute Gasteiger partial charge is 0.255 e. The van der Waals surface area contributed by atoms with E-state index in [-0.39, 0.29) is 5.91 Å². The van der Waals surface area contributed by atoms with Gasteiger partial charge in [-0.1, -0.05) is 49.6 Å². The Kier molecular flexibility index (Phi) is 6.25. The summed E-state index contributed by atoms with van der Waals surface area (Å²) in [6.45, 7) is 1.69. The second-order valence-corrected chi connectivity index (χ2v) is 8.34. The summed E-state index contributed by atoms with van der Waals surface area (Å²) in [7, 11) is 0. The van der Waals surface area contributed by atoms with E-state index in [0.717, 1.165) is 38.2 Å². The maximum atomic E-state index is 12.8. The van der Waals surface area contributed by atoms with E-state index in [1.54, 1.807) is 6.20 Å². The predicted octanol–water partition coefficient (Wildman–Crippen LogP) is 4.92. The number of carbonyl (C=O) groups excluding carboxylic acids is 1. The standard InChI is InChI=1S/C24H31N3O/c28-24(21-11-12-23(25-18-21)26-22-9-5-2-6-10-22)27-15-13-20(14-16-27)17-19-7-3-1-4-8-19/h1,3-4,7-8,11-12,18,20,22H,2,5-6,9-10,13-17H2,(H,25,26). The molecule has 1 amide bonds. The number of carbonyl (C=O) groups is 1. The van der Waals surface area contributed by atoms with Crippen molar-refractivity contribution >= 4 is 11.7 Å². The van der Waals surface area contributed by atoms with Crippen molar-refractivity contribution in [2.45, 2.75) is 57.4 Å². The van der Waals surface area contributed by atoms with Crippen LogP contribution >= 0.6 is 0 Å². The molecule has 4 heteroatoms. The molecule has 0 bridgehead atoms. The molecule has 4 rings (SSSR count). The Morgan fingerprint density at radius 3 is 2.39 bits per heavy atom. The maximum absolute atomic E-state index is 12.8. The SMILES string of the molecule is O=C(c1ccc(NC2CCCCC2)nc1)N1CCC(Cc2ccccc2)CC1. The van der Waals surface area contributed by atoms with Gasteiger partial charge in [0.15, 0.2) is 0 Å². The van der Waals surface area contributed by atoms with Crippen molar-refractivity contribution in [1.82, 2.24) is 9.88 Å². The molecule has 2 aliphatic rings. The lowest BCUT2D eigenvalue weighted by molar-refractivity contribution is 0.0690. The van der Waals surface area contributed by atoms with E-state index >= 15 is 0 Å². The second-order valence-electron chi connectivity index (χ2n) is 8.34. The molecule has 2 fully saturated rings. The fraction of sp³-hybridized carbons (Fsp3) is 0.500. The van der Waals surface area contributed by atoms with Crippen LogP contribution in [0.5, 0.6) is 0 Å². The lowest BCUT2D eigenvalue weighted by atomic mass is 9.90. The zero-order valence-electron chi connectivity index (χ0n) is 16.6. The van der Waals surface area contributed by atoms with Gasteiger partial charge in [0, 0.05) is 25.3 Å².